The lowest BCUT2D eigenvalue weighted by molar-refractivity contribution is -0.144. The molecule has 0 spiro atoms. The number of hydrogen-bond donors (Lipinski definition) is 1. The minimum absolute atomic E-state index is 0.0168. The van der Waals surface area contributed by atoms with Crippen molar-refractivity contribution < 1.29 is 27.0 Å². The summed E-state index contributed by atoms with van der Waals surface area (Å²) in [7, 11) is 0. The maximum absolute atomic E-state index is 14.3. The van der Waals surface area contributed by atoms with E-state index in [2.05, 4.69) is 36.1 Å². The van der Waals surface area contributed by atoms with Crippen LogP contribution in [0.2, 0.25) is 0 Å². The molecule has 15 heteroatoms. The van der Waals surface area contributed by atoms with Crippen molar-refractivity contribution in [2.24, 2.45) is 0 Å². The number of imidazole rings is 1. The van der Waals surface area contributed by atoms with Crippen LogP contribution in [0, 0.1) is 17.1 Å². The topological polar surface area (TPSA) is 131 Å². The predicted octanol–water partition coefficient (Wildman–Crippen LogP) is 5.30. The molecule has 6 heterocycles. The molecular weight excluding hydrogens is 618 g/mol. The number of nitrogens with one attached hydrogen (secondary N) is 1. The zero-order valence-corrected chi connectivity index (χ0v) is 24.8. The highest BCUT2D eigenvalue weighted by Crippen LogP contribution is 2.30. The van der Waals surface area contributed by atoms with E-state index in [0.717, 1.165) is 36.5 Å². The number of hydrogen-bond acceptors (Lipinski definition) is 9. The summed E-state index contributed by atoms with van der Waals surface area (Å²) in [6, 6.07) is 13.3. The van der Waals surface area contributed by atoms with Gasteiger partial charge in [0.15, 0.2) is 11.5 Å². The van der Waals surface area contributed by atoms with Crippen LogP contribution >= 0.6 is 0 Å². The van der Waals surface area contributed by atoms with Gasteiger partial charge in [-0.3, -0.25) is 4.90 Å². The van der Waals surface area contributed by atoms with Crippen molar-refractivity contribution in [1.29, 1.82) is 5.26 Å². The Labute approximate surface area is 265 Å². The molecule has 1 unspecified atom stereocenters. The van der Waals surface area contributed by atoms with Gasteiger partial charge in [-0.25, -0.2) is 19.3 Å². The monoisotopic (exact) mass is 645 g/mol. The number of fused-ring (bicyclic) bond motifs is 1. The largest absolute Gasteiger partial charge is 0.473 e. The fraction of sp³-hybridized carbons (Fsp3) is 0.312. The maximum Gasteiger partial charge on any atom is 0.451 e. The van der Waals surface area contributed by atoms with Crippen molar-refractivity contribution in [1.82, 2.24) is 39.6 Å². The molecule has 1 aromatic carbocycles. The van der Waals surface area contributed by atoms with Gasteiger partial charge in [0.2, 0.25) is 11.7 Å². The first-order valence-electron chi connectivity index (χ1n) is 14.9. The molecule has 2 aliphatic heterocycles. The van der Waals surface area contributed by atoms with Crippen molar-refractivity contribution >= 4 is 16.7 Å². The van der Waals surface area contributed by atoms with E-state index in [0.29, 0.717) is 54.4 Å². The van der Waals surface area contributed by atoms with Crippen LogP contribution in [0.15, 0.2) is 54.7 Å². The Balaban J connectivity index is 1.06. The van der Waals surface area contributed by atoms with Gasteiger partial charge >= 0.3 is 6.18 Å². The molecule has 240 valence electrons. The van der Waals surface area contributed by atoms with Gasteiger partial charge in [0.05, 0.1) is 36.5 Å². The molecule has 2 aliphatic rings. The summed E-state index contributed by atoms with van der Waals surface area (Å²) < 4.78 is 66.9. The summed E-state index contributed by atoms with van der Waals surface area (Å²) in [5.41, 5.74) is 3.91. The second-order valence-corrected chi connectivity index (χ2v) is 11.3. The number of halogens is 4. The molecule has 1 fully saturated rings. The minimum Gasteiger partial charge on any atom is -0.473 e. The summed E-state index contributed by atoms with van der Waals surface area (Å²) in [6.07, 6.45) is 0.623. The van der Waals surface area contributed by atoms with Crippen LogP contribution in [0.1, 0.15) is 41.3 Å². The molecule has 47 heavy (non-hydrogen) atoms. The van der Waals surface area contributed by atoms with E-state index in [4.69, 9.17) is 19.7 Å². The third kappa shape index (κ3) is 6.56. The first kappa shape index (κ1) is 30.5. The van der Waals surface area contributed by atoms with Crippen molar-refractivity contribution in [3.05, 3.63) is 89.0 Å². The van der Waals surface area contributed by atoms with E-state index in [-0.39, 0.29) is 24.1 Å². The van der Waals surface area contributed by atoms with E-state index in [1.165, 1.54) is 18.3 Å². The number of nitriles is 1. The molecule has 0 aliphatic carbocycles. The number of ether oxygens (including phenoxy) is 2. The van der Waals surface area contributed by atoms with Crippen molar-refractivity contribution in [2.45, 2.75) is 44.8 Å². The Morgan fingerprint density at radius 3 is 2.70 bits per heavy atom. The fourth-order valence-electron chi connectivity index (χ4n) is 5.50. The van der Waals surface area contributed by atoms with Gasteiger partial charge in [-0.05, 0) is 42.7 Å². The van der Waals surface area contributed by atoms with Crippen LogP contribution in [0.5, 0.6) is 5.88 Å². The fourth-order valence-corrected chi connectivity index (χ4v) is 5.50. The van der Waals surface area contributed by atoms with Crippen LogP contribution in [-0.2, 0) is 30.6 Å². The lowest BCUT2D eigenvalue weighted by Crippen LogP contribution is -2.33. The summed E-state index contributed by atoms with van der Waals surface area (Å²) in [4.78, 5) is 18.5. The lowest BCUT2D eigenvalue weighted by atomic mass is 10.0. The molecular formula is C32H27F4N9O2. The van der Waals surface area contributed by atoms with Crippen molar-refractivity contribution in [3.8, 4) is 23.3 Å². The quantitative estimate of drug-likeness (QED) is 0.212. The highest BCUT2D eigenvalue weighted by atomic mass is 19.4. The number of H-pyrrole nitrogens is 1. The number of benzene rings is 1. The second-order valence-electron chi connectivity index (χ2n) is 11.3. The van der Waals surface area contributed by atoms with Crippen molar-refractivity contribution in [2.75, 3.05) is 19.7 Å². The first-order valence-corrected chi connectivity index (χ1v) is 14.9. The highest BCUT2D eigenvalue weighted by molar-refractivity contribution is 5.77. The van der Waals surface area contributed by atoms with E-state index < -0.39 is 17.8 Å². The SMILES string of the molecule is N#Cc1ccc(COc2cccc(C3=CCN(Cc4nc5cc(-c6nnc(C(F)(F)F)[nH]6)cnc5n4CC4CCO4)CC3)n2)c(F)c1. The smallest absolute Gasteiger partial charge is 0.451 e. The Morgan fingerprint density at radius 2 is 2.00 bits per heavy atom. The number of rotatable bonds is 9. The maximum atomic E-state index is 14.3. The summed E-state index contributed by atoms with van der Waals surface area (Å²) in [5, 5.41) is 15.8. The van der Waals surface area contributed by atoms with Gasteiger partial charge in [-0.15, -0.1) is 10.2 Å². The van der Waals surface area contributed by atoms with Crippen LogP contribution in [-0.4, -0.2) is 65.4 Å². The number of aromatic amines is 1. The van der Waals surface area contributed by atoms with Gasteiger partial charge in [0.1, 0.15) is 23.8 Å². The number of alkyl halides is 3. The molecule has 7 rings (SSSR count). The Morgan fingerprint density at radius 1 is 1.13 bits per heavy atom. The molecule has 0 amide bonds. The minimum atomic E-state index is -4.64. The molecule has 0 saturated carbocycles. The van der Waals surface area contributed by atoms with Crippen molar-refractivity contribution in [3.63, 3.8) is 0 Å². The molecule has 11 nitrogen and oxygen atoms in total. The normalized spacial score (nSPS) is 16.9. The van der Waals surface area contributed by atoms with Gasteiger partial charge in [-0.1, -0.05) is 18.2 Å². The van der Waals surface area contributed by atoms with Crippen LogP contribution in [0.3, 0.4) is 0 Å². The van der Waals surface area contributed by atoms with Crippen LogP contribution < -0.4 is 4.74 Å². The summed E-state index contributed by atoms with van der Waals surface area (Å²) >= 11 is 0. The zero-order chi connectivity index (χ0) is 32.5. The summed E-state index contributed by atoms with van der Waals surface area (Å²) in [6.45, 7) is 3.14. The first-order chi connectivity index (χ1) is 22.7. The average molecular weight is 646 g/mol. The highest BCUT2D eigenvalue weighted by Gasteiger charge is 2.35. The van der Waals surface area contributed by atoms with Gasteiger partial charge in [0, 0.05) is 43.1 Å². The van der Waals surface area contributed by atoms with E-state index in [1.807, 2.05) is 22.8 Å². The predicted molar refractivity (Wildman–Crippen MR) is 160 cm³/mol. The average Bonchev–Trinajstić information content (AvgIpc) is 3.68. The molecule has 0 bridgehead atoms. The lowest BCUT2D eigenvalue weighted by Gasteiger charge is -2.29. The van der Waals surface area contributed by atoms with E-state index in [9.17, 15) is 17.6 Å². The third-order valence-electron chi connectivity index (χ3n) is 8.14. The number of pyridine rings is 2. The van der Waals surface area contributed by atoms with Crippen LogP contribution in [0.4, 0.5) is 17.6 Å². The Hall–Kier alpha value is -5.20. The molecule has 1 N–H and O–H groups in total. The van der Waals surface area contributed by atoms with Gasteiger partial charge < -0.3 is 19.0 Å². The third-order valence-corrected chi connectivity index (χ3v) is 8.14. The second kappa shape index (κ2) is 12.5. The summed E-state index contributed by atoms with van der Waals surface area (Å²) in [5.74, 6) is -0.577. The Kier molecular flexibility index (Phi) is 8.12. The molecule has 0 radical (unpaired) electrons. The molecule has 4 aromatic heterocycles. The molecule has 1 atom stereocenters. The standard InChI is InChI=1S/C32H27F4N9O2/c33-24-12-19(14-37)4-5-21(24)18-47-28-3-1-2-25(40-28)20-6-9-44(10-7-20)17-27-39-26-13-22(29-41-31(43-42-29)32(34,35)36)15-38-30(26)45(27)16-23-8-11-46-23/h1-6,12-13,15,23H,7-11,16-18H2,(H,41,42,43). The van der Waals surface area contributed by atoms with Crippen LogP contribution in [0.25, 0.3) is 28.1 Å². The van der Waals surface area contributed by atoms with Gasteiger partial charge in [0.25, 0.3) is 0 Å². The number of aromatic nitrogens is 7. The number of nitrogens with zero attached hydrogens (tertiary/aromatic N) is 8. The molecule has 1 saturated heterocycles. The van der Waals surface area contributed by atoms with E-state index >= 15 is 0 Å². The van der Waals surface area contributed by atoms with Gasteiger partial charge in [-0.2, -0.15) is 18.4 Å². The zero-order valence-electron chi connectivity index (χ0n) is 24.8. The van der Waals surface area contributed by atoms with E-state index in [1.54, 1.807) is 18.2 Å². The molecule has 5 aromatic rings. The Bertz CT molecular complexity index is 2010.